The maximum absolute atomic E-state index is 13.3. The SMILES string of the molecule is COc1ccc(Cn2cnc3c(c2=O)CN(c2cc(Cl)nc4[nH]ccc24)[C@H](C)C3)cc1.C[C@@H]1Cc2nc[nH]c(=O)c2CN1c1cc(Cl)nc2[nH]ccc12. The van der Waals surface area contributed by atoms with E-state index in [0.717, 1.165) is 73.7 Å². The minimum atomic E-state index is -0.0765. The molecule has 3 N–H and O–H groups in total. The number of nitrogens with zero attached hydrogens (tertiary/aromatic N) is 7. The van der Waals surface area contributed by atoms with Crippen LogP contribution in [0.4, 0.5) is 11.4 Å². The number of aromatic amines is 3. The van der Waals surface area contributed by atoms with Crippen LogP contribution in [0, 0.1) is 0 Å². The van der Waals surface area contributed by atoms with Crippen LogP contribution in [-0.2, 0) is 32.5 Å². The summed E-state index contributed by atoms with van der Waals surface area (Å²) in [4.78, 5) is 56.2. The Morgan fingerprint density at radius 2 is 1.34 bits per heavy atom. The van der Waals surface area contributed by atoms with Crippen LogP contribution in [0.3, 0.4) is 0 Å². The molecule has 53 heavy (non-hydrogen) atoms. The molecule has 270 valence electrons. The second-order valence-electron chi connectivity index (χ2n) is 13.4. The third-order valence-corrected chi connectivity index (χ3v) is 10.4. The van der Waals surface area contributed by atoms with Gasteiger partial charge in [-0.05, 0) is 55.8 Å². The average molecular weight is 752 g/mol. The highest BCUT2D eigenvalue weighted by Crippen LogP contribution is 2.35. The molecular formula is C38H36Cl2N10O3. The van der Waals surface area contributed by atoms with Crippen LogP contribution in [0.15, 0.2) is 83.2 Å². The Kier molecular flexibility index (Phi) is 9.13. The van der Waals surface area contributed by atoms with Crippen molar-refractivity contribution in [3.63, 3.8) is 0 Å². The van der Waals surface area contributed by atoms with E-state index in [1.54, 1.807) is 18.0 Å². The third-order valence-electron chi connectivity index (χ3n) is 10.0. The molecule has 0 spiro atoms. The number of H-pyrrole nitrogens is 3. The number of benzene rings is 1. The minimum absolute atomic E-state index is 0.0109. The summed E-state index contributed by atoms with van der Waals surface area (Å²) < 4.78 is 6.88. The molecule has 2 atom stereocenters. The predicted octanol–water partition coefficient (Wildman–Crippen LogP) is 6.03. The first-order valence-electron chi connectivity index (χ1n) is 17.2. The van der Waals surface area contributed by atoms with Crippen molar-refractivity contribution in [1.82, 2.24) is 39.5 Å². The van der Waals surface area contributed by atoms with Gasteiger partial charge in [0, 0.05) is 48.1 Å². The molecule has 0 aliphatic carbocycles. The van der Waals surface area contributed by atoms with E-state index < -0.39 is 0 Å². The van der Waals surface area contributed by atoms with E-state index in [-0.39, 0.29) is 23.2 Å². The summed E-state index contributed by atoms with van der Waals surface area (Å²) in [5, 5.41) is 2.84. The van der Waals surface area contributed by atoms with E-state index in [9.17, 15) is 9.59 Å². The Morgan fingerprint density at radius 3 is 1.92 bits per heavy atom. The first-order chi connectivity index (χ1) is 25.7. The monoisotopic (exact) mass is 750 g/mol. The zero-order chi connectivity index (χ0) is 36.8. The van der Waals surface area contributed by atoms with Crippen LogP contribution in [0.1, 0.15) is 41.9 Å². The lowest BCUT2D eigenvalue weighted by Gasteiger charge is -2.36. The van der Waals surface area contributed by atoms with Crippen LogP contribution in [0.5, 0.6) is 5.75 Å². The number of hydrogen-bond acceptors (Lipinski definition) is 9. The van der Waals surface area contributed by atoms with E-state index in [1.165, 1.54) is 6.33 Å². The summed E-state index contributed by atoms with van der Waals surface area (Å²) in [6.45, 7) is 5.72. The fourth-order valence-electron chi connectivity index (χ4n) is 7.28. The van der Waals surface area contributed by atoms with Crippen LogP contribution >= 0.6 is 23.2 Å². The second-order valence-corrected chi connectivity index (χ2v) is 14.2. The largest absolute Gasteiger partial charge is 0.497 e. The van der Waals surface area contributed by atoms with Crippen LogP contribution in [-0.4, -0.2) is 58.6 Å². The third kappa shape index (κ3) is 6.62. The maximum Gasteiger partial charge on any atom is 0.258 e. The molecule has 0 saturated heterocycles. The fraction of sp³-hybridized carbons (Fsp3) is 0.263. The van der Waals surface area contributed by atoms with E-state index in [2.05, 4.69) is 58.5 Å². The van der Waals surface area contributed by atoms with Crippen LogP contribution < -0.4 is 25.7 Å². The van der Waals surface area contributed by atoms with E-state index in [1.807, 2.05) is 60.9 Å². The zero-order valence-electron chi connectivity index (χ0n) is 29.2. The Balaban J connectivity index is 0.000000160. The number of fused-ring (bicyclic) bond motifs is 4. The molecule has 0 amide bonds. The summed E-state index contributed by atoms with van der Waals surface area (Å²) in [6, 6.07) is 15.8. The molecule has 7 aromatic rings. The first-order valence-corrected chi connectivity index (χ1v) is 18.0. The molecule has 13 nitrogen and oxygen atoms in total. The van der Waals surface area contributed by atoms with Crippen molar-refractivity contribution in [3.05, 3.63) is 133 Å². The molecule has 0 unspecified atom stereocenters. The normalized spacial score (nSPS) is 16.6. The molecule has 0 fully saturated rings. The molecule has 15 heteroatoms. The van der Waals surface area contributed by atoms with Gasteiger partial charge in [-0.2, -0.15) is 0 Å². The minimum Gasteiger partial charge on any atom is -0.497 e. The lowest BCUT2D eigenvalue weighted by atomic mass is 9.99. The standard InChI is InChI=1S/C23H22ClN5O2.C15H14ClN5O/c1-14-9-19-18(12-29(14)20-10-21(24)27-22-17(20)7-8-25-22)23(30)28(13-26-19)11-15-3-5-16(31-2)6-4-15;1-8-4-11-10(15(22)19-7-18-11)6-21(8)12-5-13(16)20-14-9(12)2-3-17-14/h3-8,10,13-14H,9,11-12H2,1-2H3,(H,25,27);2-3,5,7-8H,4,6H2,1H3,(H,17,20)(H,18,19,22)/t14-;8-/m11/s1. The number of halogens is 2. The summed E-state index contributed by atoms with van der Waals surface area (Å²) in [6.07, 6.45) is 8.24. The molecule has 2 aliphatic rings. The molecule has 1 aromatic carbocycles. The number of aromatic nitrogens is 8. The molecule has 0 radical (unpaired) electrons. The molecular weight excluding hydrogens is 715 g/mol. The zero-order valence-corrected chi connectivity index (χ0v) is 30.7. The molecule has 9 rings (SSSR count). The van der Waals surface area contributed by atoms with Crippen molar-refractivity contribution in [2.24, 2.45) is 0 Å². The van der Waals surface area contributed by atoms with Gasteiger partial charge >= 0.3 is 0 Å². The summed E-state index contributed by atoms with van der Waals surface area (Å²) in [5.41, 5.74) is 7.56. The Morgan fingerprint density at radius 1 is 0.774 bits per heavy atom. The van der Waals surface area contributed by atoms with Gasteiger partial charge in [0.15, 0.2) is 0 Å². The summed E-state index contributed by atoms with van der Waals surface area (Å²) in [7, 11) is 1.64. The number of ether oxygens (including phenoxy) is 1. The molecule has 6 aromatic heterocycles. The highest BCUT2D eigenvalue weighted by molar-refractivity contribution is 6.30. The predicted molar refractivity (Wildman–Crippen MR) is 206 cm³/mol. The number of anilines is 2. The van der Waals surface area contributed by atoms with Gasteiger partial charge in [0.1, 0.15) is 27.4 Å². The number of nitrogens with one attached hydrogen (secondary N) is 3. The quantitative estimate of drug-likeness (QED) is 0.179. The smallest absolute Gasteiger partial charge is 0.258 e. The highest BCUT2D eigenvalue weighted by Gasteiger charge is 2.29. The van der Waals surface area contributed by atoms with Crippen molar-refractivity contribution < 1.29 is 4.74 Å². The molecule has 8 heterocycles. The van der Waals surface area contributed by atoms with E-state index in [4.69, 9.17) is 27.9 Å². The lowest BCUT2D eigenvalue weighted by molar-refractivity contribution is 0.414. The average Bonchev–Trinajstić information content (AvgIpc) is 3.82. The van der Waals surface area contributed by atoms with Crippen molar-refractivity contribution >= 4 is 56.6 Å². The Labute approximate surface area is 313 Å². The van der Waals surface area contributed by atoms with Gasteiger partial charge in [-0.25, -0.2) is 19.9 Å². The van der Waals surface area contributed by atoms with Gasteiger partial charge < -0.3 is 29.5 Å². The maximum atomic E-state index is 13.3. The fourth-order valence-corrected chi connectivity index (χ4v) is 7.65. The second kappa shape index (κ2) is 14.1. The van der Waals surface area contributed by atoms with Crippen molar-refractivity contribution in [2.75, 3.05) is 16.9 Å². The number of rotatable bonds is 5. The van der Waals surface area contributed by atoms with Gasteiger partial charge in [-0.1, -0.05) is 35.3 Å². The number of hydrogen-bond donors (Lipinski definition) is 3. The summed E-state index contributed by atoms with van der Waals surface area (Å²) >= 11 is 12.4. The van der Waals surface area contributed by atoms with Crippen molar-refractivity contribution in [2.45, 2.75) is 58.4 Å². The molecule has 0 bridgehead atoms. The first kappa shape index (κ1) is 34.4. The van der Waals surface area contributed by atoms with Crippen molar-refractivity contribution in [3.8, 4) is 5.75 Å². The lowest BCUT2D eigenvalue weighted by Crippen LogP contribution is -2.43. The number of pyridine rings is 2. The molecule has 2 aliphatic heterocycles. The van der Waals surface area contributed by atoms with Gasteiger partial charge in [0.25, 0.3) is 11.1 Å². The van der Waals surface area contributed by atoms with Crippen LogP contribution in [0.2, 0.25) is 10.3 Å². The van der Waals surface area contributed by atoms with E-state index >= 15 is 0 Å². The van der Waals surface area contributed by atoms with Crippen LogP contribution in [0.25, 0.3) is 22.1 Å². The summed E-state index contributed by atoms with van der Waals surface area (Å²) in [5.74, 6) is 0.788. The van der Waals surface area contributed by atoms with Gasteiger partial charge in [0.2, 0.25) is 0 Å². The Bertz CT molecular complexity index is 2580. The van der Waals surface area contributed by atoms with Gasteiger partial charge in [-0.3, -0.25) is 14.2 Å². The highest BCUT2D eigenvalue weighted by atomic mass is 35.5. The van der Waals surface area contributed by atoms with Crippen molar-refractivity contribution in [1.29, 1.82) is 0 Å². The Hall–Kier alpha value is -5.66. The van der Waals surface area contributed by atoms with Gasteiger partial charge in [0.05, 0.1) is 73.3 Å². The topological polar surface area (TPSA) is 154 Å². The van der Waals surface area contributed by atoms with E-state index in [0.29, 0.717) is 36.4 Å². The van der Waals surface area contributed by atoms with Gasteiger partial charge in [-0.15, -0.1) is 0 Å². The molecule has 0 saturated carbocycles. The number of methoxy groups -OCH3 is 1.